The van der Waals surface area contributed by atoms with Gasteiger partial charge in [0.25, 0.3) is 0 Å². The summed E-state index contributed by atoms with van der Waals surface area (Å²) >= 11 is 0. The van der Waals surface area contributed by atoms with E-state index >= 15 is 0 Å². The highest BCUT2D eigenvalue weighted by atomic mass is 16.5. The van der Waals surface area contributed by atoms with E-state index in [4.69, 9.17) is 4.74 Å². The smallest absolute Gasteiger partial charge is 0.328 e. The third-order valence-electron chi connectivity index (χ3n) is 4.17. The molecule has 1 fully saturated rings. The molecular weight excluding hydrogens is 250 g/mol. The average Bonchev–Trinajstić information content (AvgIpc) is 2.49. The van der Waals surface area contributed by atoms with Gasteiger partial charge in [0, 0.05) is 5.69 Å². The summed E-state index contributed by atoms with van der Waals surface area (Å²) in [6.07, 6.45) is 7.28. The van der Waals surface area contributed by atoms with Crippen molar-refractivity contribution < 1.29 is 9.53 Å². The van der Waals surface area contributed by atoms with E-state index in [1.165, 1.54) is 44.8 Å². The van der Waals surface area contributed by atoms with Crippen LogP contribution in [-0.2, 0) is 9.53 Å². The molecular formula is C17H25NO2. The summed E-state index contributed by atoms with van der Waals surface area (Å²) in [6.45, 7) is 2.06. The Labute approximate surface area is 121 Å². The first-order valence-electron chi connectivity index (χ1n) is 7.60. The van der Waals surface area contributed by atoms with Crippen LogP contribution in [-0.4, -0.2) is 19.1 Å². The molecule has 1 unspecified atom stereocenters. The molecule has 110 valence electrons. The molecule has 0 heterocycles. The number of esters is 1. The molecule has 0 bridgehead atoms. The Morgan fingerprint density at radius 1 is 1.25 bits per heavy atom. The zero-order chi connectivity index (χ0) is 14.4. The zero-order valence-electron chi connectivity index (χ0n) is 12.5. The number of aryl methyl sites for hydroxylation is 1. The SMILES string of the molecule is COC(=O)C(CC1CCCCC1)Nc1ccc(C)cc1. The molecule has 1 N–H and O–H groups in total. The summed E-state index contributed by atoms with van der Waals surface area (Å²) in [7, 11) is 1.47. The average molecular weight is 275 g/mol. The van der Waals surface area contributed by atoms with E-state index in [0.717, 1.165) is 12.1 Å². The number of ether oxygens (including phenoxy) is 1. The van der Waals surface area contributed by atoms with Gasteiger partial charge in [0.2, 0.25) is 0 Å². The summed E-state index contributed by atoms with van der Waals surface area (Å²) in [5.74, 6) is 0.488. The lowest BCUT2D eigenvalue weighted by Crippen LogP contribution is -2.33. The van der Waals surface area contributed by atoms with Crippen LogP contribution in [0.15, 0.2) is 24.3 Å². The molecule has 0 amide bonds. The van der Waals surface area contributed by atoms with Gasteiger partial charge in [0.15, 0.2) is 0 Å². The molecule has 0 spiro atoms. The first kappa shape index (κ1) is 14.9. The Morgan fingerprint density at radius 2 is 1.90 bits per heavy atom. The molecule has 1 aromatic rings. The van der Waals surface area contributed by atoms with Crippen LogP contribution in [0.3, 0.4) is 0 Å². The fourth-order valence-corrected chi connectivity index (χ4v) is 2.96. The second kappa shape index (κ2) is 7.32. The third-order valence-corrected chi connectivity index (χ3v) is 4.17. The lowest BCUT2D eigenvalue weighted by atomic mass is 9.85. The second-order valence-corrected chi connectivity index (χ2v) is 5.83. The number of methoxy groups -OCH3 is 1. The van der Waals surface area contributed by atoms with E-state index < -0.39 is 0 Å². The molecule has 1 aliphatic carbocycles. The van der Waals surface area contributed by atoms with E-state index in [1.54, 1.807) is 0 Å². The van der Waals surface area contributed by atoms with E-state index in [1.807, 2.05) is 12.1 Å². The first-order valence-corrected chi connectivity index (χ1v) is 7.60. The lowest BCUT2D eigenvalue weighted by Gasteiger charge is -2.26. The first-order chi connectivity index (χ1) is 9.69. The topological polar surface area (TPSA) is 38.3 Å². The quantitative estimate of drug-likeness (QED) is 0.828. The maximum Gasteiger partial charge on any atom is 0.328 e. The van der Waals surface area contributed by atoms with Crippen LogP contribution in [0.25, 0.3) is 0 Å². The van der Waals surface area contributed by atoms with Crippen LogP contribution in [0.1, 0.15) is 44.1 Å². The number of carbonyl (C=O) groups excluding carboxylic acids is 1. The maximum atomic E-state index is 12.0. The summed E-state index contributed by atoms with van der Waals surface area (Å²) in [5, 5.41) is 3.33. The number of anilines is 1. The number of hydrogen-bond donors (Lipinski definition) is 1. The summed E-state index contributed by atoms with van der Waals surface area (Å²) in [4.78, 5) is 12.0. The predicted octanol–water partition coefficient (Wildman–Crippen LogP) is 3.92. The number of carbonyl (C=O) groups is 1. The summed E-state index contributed by atoms with van der Waals surface area (Å²) in [5.41, 5.74) is 2.21. The van der Waals surface area contributed by atoms with Crippen molar-refractivity contribution in [2.45, 2.75) is 51.5 Å². The minimum Gasteiger partial charge on any atom is -0.467 e. The van der Waals surface area contributed by atoms with Crippen molar-refractivity contribution in [1.29, 1.82) is 0 Å². The van der Waals surface area contributed by atoms with Crippen molar-refractivity contribution in [3.8, 4) is 0 Å². The molecule has 1 atom stereocenters. The number of benzene rings is 1. The van der Waals surface area contributed by atoms with Gasteiger partial charge in [-0.15, -0.1) is 0 Å². The van der Waals surface area contributed by atoms with Crippen LogP contribution in [0.4, 0.5) is 5.69 Å². The Bertz CT molecular complexity index is 421. The van der Waals surface area contributed by atoms with Gasteiger partial charge in [-0.25, -0.2) is 4.79 Å². The number of hydrogen-bond acceptors (Lipinski definition) is 3. The fourth-order valence-electron chi connectivity index (χ4n) is 2.96. The van der Waals surface area contributed by atoms with Crippen molar-refractivity contribution in [1.82, 2.24) is 0 Å². The largest absolute Gasteiger partial charge is 0.467 e. The van der Waals surface area contributed by atoms with Crippen molar-refractivity contribution in [2.75, 3.05) is 12.4 Å². The van der Waals surface area contributed by atoms with Crippen molar-refractivity contribution in [2.24, 2.45) is 5.92 Å². The van der Waals surface area contributed by atoms with Gasteiger partial charge in [-0.05, 0) is 31.4 Å². The second-order valence-electron chi connectivity index (χ2n) is 5.83. The summed E-state index contributed by atoms with van der Waals surface area (Å²) in [6, 6.07) is 7.91. The van der Waals surface area contributed by atoms with E-state index in [0.29, 0.717) is 5.92 Å². The van der Waals surface area contributed by atoms with E-state index in [9.17, 15) is 4.79 Å². The van der Waals surface area contributed by atoms with Gasteiger partial charge in [0.1, 0.15) is 6.04 Å². The van der Waals surface area contributed by atoms with Crippen LogP contribution in [0.5, 0.6) is 0 Å². The lowest BCUT2D eigenvalue weighted by molar-refractivity contribution is -0.142. The van der Waals surface area contributed by atoms with Crippen LogP contribution in [0.2, 0.25) is 0 Å². The Kier molecular flexibility index (Phi) is 5.45. The normalized spacial score (nSPS) is 17.5. The van der Waals surface area contributed by atoms with Crippen LogP contribution >= 0.6 is 0 Å². The van der Waals surface area contributed by atoms with E-state index in [-0.39, 0.29) is 12.0 Å². The molecule has 0 saturated heterocycles. The molecule has 0 radical (unpaired) electrons. The maximum absolute atomic E-state index is 12.0. The molecule has 3 heteroatoms. The molecule has 1 aliphatic rings. The number of rotatable bonds is 5. The minimum absolute atomic E-state index is 0.156. The Morgan fingerprint density at radius 3 is 2.50 bits per heavy atom. The van der Waals surface area contributed by atoms with Gasteiger partial charge in [0.05, 0.1) is 7.11 Å². The molecule has 2 rings (SSSR count). The monoisotopic (exact) mass is 275 g/mol. The van der Waals surface area contributed by atoms with Gasteiger partial charge in [-0.3, -0.25) is 0 Å². The predicted molar refractivity (Wildman–Crippen MR) is 81.8 cm³/mol. The molecule has 20 heavy (non-hydrogen) atoms. The highest BCUT2D eigenvalue weighted by Gasteiger charge is 2.24. The van der Waals surface area contributed by atoms with Crippen molar-refractivity contribution in [3.05, 3.63) is 29.8 Å². The standard InChI is InChI=1S/C17H25NO2/c1-13-8-10-15(11-9-13)18-16(17(19)20-2)12-14-6-4-3-5-7-14/h8-11,14,16,18H,3-7,12H2,1-2H3. The fraction of sp³-hybridized carbons (Fsp3) is 0.588. The molecule has 0 aliphatic heterocycles. The van der Waals surface area contributed by atoms with Gasteiger partial charge in [-0.1, -0.05) is 49.8 Å². The Hall–Kier alpha value is -1.51. The van der Waals surface area contributed by atoms with Crippen molar-refractivity contribution >= 4 is 11.7 Å². The summed E-state index contributed by atoms with van der Waals surface area (Å²) < 4.78 is 4.95. The van der Waals surface area contributed by atoms with Gasteiger partial charge < -0.3 is 10.1 Å². The van der Waals surface area contributed by atoms with Gasteiger partial charge >= 0.3 is 5.97 Å². The molecule has 0 aromatic heterocycles. The van der Waals surface area contributed by atoms with Crippen molar-refractivity contribution in [3.63, 3.8) is 0 Å². The highest BCUT2D eigenvalue weighted by molar-refractivity contribution is 5.79. The molecule has 1 saturated carbocycles. The van der Waals surface area contributed by atoms with Crippen LogP contribution < -0.4 is 5.32 Å². The van der Waals surface area contributed by atoms with E-state index in [2.05, 4.69) is 24.4 Å². The van der Waals surface area contributed by atoms with Crippen LogP contribution in [0, 0.1) is 12.8 Å². The minimum atomic E-state index is -0.231. The molecule has 1 aromatic carbocycles. The third kappa shape index (κ3) is 4.26. The van der Waals surface area contributed by atoms with Gasteiger partial charge in [-0.2, -0.15) is 0 Å². The highest BCUT2D eigenvalue weighted by Crippen LogP contribution is 2.28. The Balaban J connectivity index is 1.99. The molecule has 3 nitrogen and oxygen atoms in total. The number of nitrogens with one attached hydrogen (secondary N) is 1. The zero-order valence-corrected chi connectivity index (χ0v) is 12.5.